The van der Waals surface area contributed by atoms with E-state index in [-0.39, 0.29) is 0 Å². The van der Waals surface area contributed by atoms with Crippen molar-refractivity contribution in [1.82, 2.24) is 20.0 Å². The van der Waals surface area contributed by atoms with Crippen LogP contribution in [0.1, 0.15) is 37.9 Å². The molecule has 120 valence electrons. The van der Waals surface area contributed by atoms with Crippen LogP contribution in [0.25, 0.3) is 0 Å². The number of aromatic nitrogens is 2. The van der Waals surface area contributed by atoms with E-state index in [1.54, 1.807) is 6.20 Å². The Bertz CT molecular complexity index is 429. The molecule has 1 N–H and O–H groups in total. The first-order chi connectivity index (χ1) is 10.1. The Hall–Kier alpha value is -0.230. The van der Waals surface area contributed by atoms with Gasteiger partial charge in [0.1, 0.15) is 0 Å². The van der Waals surface area contributed by atoms with E-state index in [0.717, 1.165) is 24.7 Å². The van der Waals surface area contributed by atoms with Crippen molar-refractivity contribution in [3.05, 3.63) is 16.9 Å². The van der Waals surface area contributed by atoms with Crippen LogP contribution in [0.15, 0.2) is 6.20 Å². The molecule has 1 aromatic heterocycles. The van der Waals surface area contributed by atoms with Gasteiger partial charge in [0.05, 0.1) is 29.5 Å². The highest BCUT2D eigenvalue weighted by atomic mass is 35.5. The summed E-state index contributed by atoms with van der Waals surface area (Å²) in [5, 5.41) is 9.54. The fourth-order valence-electron chi connectivity index (χ4n) is 2.81. The first kappa shape index (κ1) is 17.1. The van der Waals surface area contributed by atoms with Crippen LogP contribution < -0.4 is 5.32 Å². The van der Waals surface area contributed by atoms with Crippen LogP contribution in [0.3, 0.4) is 0 Å². The molecule has 2 heterocycles. The fourth-order valence-corrected chi connectivity index (χ4v) is 4.49. The maximum Gasteiger partial charge on any atom is 0.0834 e. The Morgan fingerprint density at radius 1 is 1.52 bits per heavy atom. The highest BCUT2D eigenvalue weighted by molar-refractivity contribution is 8.00. The lowest BCUT2D eigenvalue weighted by Crippen LogP contribution is -2.34. The van der Waals surface area contributed by atoms with Crippen LogP contribution in [0.4, 0.5) is 0 Å². The van der Waals surface area contributed by atoms with Crippen molar-refractivity contribution in [3.63, 3.8) is 0 Å². The largest absolute Gasteiger partial charge is 0.308 e. The molecule has 0 spiro atoms. The summed E-state index contributed by atoms with van der Waals surface area (Å²) in [7, 11) is 4.17. The third-order valence-electron chi connectivity index (χ3n) is 3.90. The van der Waals surface area contributed by atoms with Gasteiger partial charge in [0, 0.05) is 11.8 Å². The summed E-state index contributed by atoms with van der Waals surface area (Å²) >= 11 is 8.54. The van der Waals surface area contributed by atoms with Gasteiger partial charge in [0.25, 0.3) is 0 Å². The van der Waals surface area contributed by atoms with E-state index in [2.05, 4.69) is 52.8 Å². The molecule has 0 aromatic carbocycles. The van der Waals surface area contributed by atoms with Crippen LogP contribution in [0, 0.1) is 0 Å². The molecule has 0 bridgehead atoms. The van der Waals surface area contributed by atoms with Gasteiger partial charge in [-0.05, 0) is 39.2 Å². The maximum absolute atomic E-state index is 6.46. The molecule has 0 radical (unpaired) electrons. The Kier molecular flexibility index (Phi) is 6.86. The SMILES string of the molecule is CCNC(c1c(Cl)cnn1CCN(C)C)C1CCCCS1. The summed E-state index contributed by atoms with van der Waals surface area (Å²) in [6.45, 7) is 4.97. The number of nitrogens with zero attached hydrogens (tertiary/aromatic N) is 3. The molecule has 1 fully saturated rings. The van der Waals surface area contributed by atoms with Crippen LogP contribution in [0.5, 0.6) is 0 Å². The summed E-state index contributed by atoms with van der Waals surface area (Å²) in [5.41, 5.74) is 1.17. The Morgan fingerprint density at radius 3 is 2.95 bits per heavy atom. The van der Waals surface area contributed by atoms with E-state index in [1.807, 2.05) is 0 Å². The number of hydrogen-bond acceptors (Lipinski definition) is 4. The van der Waals surface area contributed by atoms with Crippen LogP contribution in [0.2, 0.25) is 5.02 Å². The zero-order valence-electron chi connectivity index (χ0n) is 13.3. The van der Waals surface area contributed by atoms with E-state index in [4.69, 9.17) is 11.6 Å². The molecule has 1 saturated heterocycles. The minimum Gasteiger partial charge on any atom is -0.308 e. The minimum absolute atomic E-state index is 0.303. The average Bonchev–Trinajstić information content (AvgIpc) is 2.84. The Labute approximate surface area is 137 Å². The lowest BCUT2D eigenvalue weighted by molar-refractivity contribution is 0.359. The first-order valence-corrected chi connectivity index (χ1v) is 9.27. The third-order valence-corrected chi connectivity index (χ3v) is 5.65. The van der Waals surface area contributed by atoms with Crippen LogP contribution in [-0.4, -0.2) is 52.9 Å². The van der Waals surface area contributed by atoms with Gasteiger partial charge in [-0.1, -0.05) is 24.9 Å². The van der Waals surface area contributed by atoms with Gasteiger partial charge in [0.2, 0.25) is 0 Å². The molecule has 21 heavy (non-hydrogen) atoms. The second-order valence-corrected chi connectivity index (χ2v) is 7.60. The lowest BCUT2D eigenvalue weighted by Gasteiger charge is -2.31. The van der Waals surface area contributed by atoms with E-state index in [0.29, 0.717) is 11.3 Å². The van der Waals surface area contributed by atoms with Crippen molar-refractivity contribution < 1.29 is 0 Å². The molecular formula is C15H27ClN4S. The van der Waals surface area contributed by atoms with Gasteiger partial charge in [-0.15, -0.1) is 0 Å². The monoisotopic (exact) mass is 330 g/mol. The standard InChI is InChI=1S/C15H27ClN4S/c1-4-17-14(13-7-5-6-10-21-13)15-12(16)11-18-20(15)9-8-19(2)3/h11,13-14,17H,4-10H2,1-3H3. The third kappa shape index (κ3) is 4.62. The van der Waals surface area contributed by atoms with Gasteiger partial charge in [-0.2, -0.15) is 16.9 Å². The second kappa shape index (κ2) is 8.42. The van der Waals surface area contributed by atoms with Gasteiger partial charge in [-0.3, -0.25) is 4.68 Å². The molecule has 1 aliphatic heterocycles. The highest BCUT2D eigenvalue weighted by Crippen LogP contribution is 2.37. The zero-order chi connectivity index (χ0) is 15.2. The van der Waals surface area contributed by atoms with Crippen molar-refractivity contribution in [3.8, 4) is 0 Å². The topological polar surface area (TPSA) is 33.1 Å². The average molecular weight is 331 g/mol. The lowest BCUT2D eigenvalue weighted by atomic mass is 10.0. The van der Waals surface area contributed by atoms with E-state index >= 15 is 0 Å². The van der Waals surface area contributed by atoms with Crippen molar-refractivity contribution in [2.75, 3.05) is 32.9 Å². The van der Waals surface area contributed by atoms with E-state index in [9.17, 15) is 0 Å². The first-order valence-electron chi connectivity index (χ1n) is 7.84. The normalized spacial score (nSPS) is 20.9. The second-order valence-electron chi connectivity index (χ2n) is 5.84. The van der Waals surface area contributed by atoms with Crippen LogP contribution in [-0.2, 0) is 6.54 Å². The van der Waals surface area contributed by atoms with E-state index < -0.39 is 0 Å². The maximum atomic E-state index is 6.46. The molecule has 2 atom stereocenters. The van der Waals surface area contributed by atoms with Crippen molar-refractivity contribution in [1.29, 1.82) is 0 Å². The predicted octanol–water partition coefficient (Wildman–Crippen LogP) is 3.03. The number of likely N-dealkylation sites (N-methyl/N-ethyl adjacent to an activating group) is 1. The van der Waals surface area contributed by atoms with Crippen LogP contribution >= 0.6 is 23.4 Å². The smallest absolute Gasteiger partial charge is 0.0834 e. The summed E-state index contributed by atoms with van der Waals surface area (Å²) < 4.78 is 2.09. The van der Waals surface area contributed by atoms with Gasteiger partial charge in [-0.25, -0.2) is 0 Å². The Morgan fingerprint density at radius 2 is 2.33 bits per heavy atom. The molecule has 6 heteroatoms. The number of hydrogen-bond donors (Lipinski definition) is 1. The summed E-state index contributed by atoms with van der Waals surface area (Å²) in [6, 6.07) is 0.303. The number of rotatable bonds is 7. The minimum atomic E-state index is 0.303. The van der Waals surface area contributed by atoms with Gasteiger partial charge >= 0.3 is 0 Å². The molecule has 2 rings (SSSR count). The van der Waals surface area contributed by atoms with Gasteiger partial charge in [0.15, 0.2) is 0 Å². The summed E-state index contributed by atoms with van der Waals surface area (Å²) in [5.74, 6) is 1.26. The molecule has 0 amide bonds. The molecular weight excluding hydrogens is 304 g/mol. The molecule has 0 saturated carbocycles. The molecule has 4 nitrogen and oxygen atoms in total. The molecule has 1 aliphatic rings. The number of nitrogens with one attached hydrogen (secondary N) is 1. The van der Waals surface area contributed by atoms with Crippen molar-refractivity contribution in [2.45, 2.75) is 44.0 Å². The van der Waals surface area contributed by atoms with Crippen molar-refractivity contribution in [2.24, 2.45) is 0 Å². The predicted molar refractivity (Wildman–Crippen MR) is 92.3 cm³/mol. The molecule has 2 unspecified atom stereocenters. The fraction of sp³-hybridized carbons (Fsp3) is 0.800. The van der Waals surface area contributed by atoms with Crippen molar-refractivity contribution >= 4 is 23.4 Å². The number of halogens is 1. The van der Waals surface area contributed by atoms with Gasteiger partial charge < -0.3 is 10.2 Å². The number of thioether (sulfide) groups is 1. The molecule has 1 aromatic rings. The zero-order valence-corrected chi connectivity index (χ0v) is 14.9. The quantitative estimate of drug-likeness (QED) is 0.833. The Balaban J connectivity index is 2.19. The summed E-state index contributed by atoms with van der Waals surface area (Å²) in [4.78, 5) is 2.18. The summed E-state index contributed by atoms with van der Waals surface area (Å²) in [6.07, 6.45) is 5.72. The van der Waals surface area contributed by atoms with E-state index in [1.165, 1.54) is 30.7 Å². The highest BCUT2D eigenvalue weighted by Gasteiger charge is 2.29. The molecule has 0 aliphatic carbocycles.